The van der Waals surface area contributed by atoms with Crippen LogP contribution < -0.4 is 0 Å². The normalized spacial score (nSPS) is 12.6. The van der Waals surface area contributed by atoms with E-state index in [1.165, 1.54) is 5.56 Å². The van der Waals surface area contributed by atoms with Crippen LogP contribution in [0, 0.1) is 0 Å². The fourth-order valence-corrected chi connectivity index (χ4v) is 3.14. The molecule has 1 atom stereocenters. The standard InChI is InChI=1S/C15H19N3S/c1-18(2)11-12-19-15(13-7-4-3-5-8-13)14-9-6-10-16-17-14/h3-10,15H,11-12H2,1-2H3. The van der Waals surface area contributed by atoms with Gasteiger partial charge in [0.1, 0.15) is 0 Å². The van der Waals surface area contributed by atoms with Gasteiger partial charge in [0.05, 0.1) is 10.9 Å². The Hall–Kier alpha value is -1.39. The molecule has 2 aromatic rings. The van der Waals surface area contributed by atoms with Crippen LogP contribution in [0.15, 0.2) is 48.7 Å². The summed E-state index contributed by atoms with van der Waals surface area (Å²) < 4.78 is 0. The van der Waals surface area contributed by atoms with Crippen molar-refractivity contribution in [1.82, 2.24) is 15.1 Å². The highest BCUT2D eigenvalue weighted by molar-refractivity contribution is 7.99. The number of hydrogen-bond donors (Lipinski definition) is 0. The molecule has 1 aromatic carbocycles. The van der Waals surface area contributed by atoms with Gasteiger partial charge in [-0.05, 0) is 31.8 Å². The molecule has 0 saturated carbocycles. The van der Waals surface area contributed by atoms with E-state index in [-0.39, 0.29) is 5.25 Å². The molecule has 0 saturated heterocycles. The van der Waals surface area contributed by atoms with Crippen LogP contribution in [0.4, 0.5) is 0 Å². The lowest BCUT2D eigenvalue weighted by Crippen LogP contribution is -2.15. The third-order valence-corrected chi connectivity index (χ3v) is 4.05. The molecule has 1 aromatic heterocycles. The van der Waals surface area contributed by atoms with Gasteiger partial charge in [0.15, 0.2) is 0 Å². The van der Waals surface area contributed by atoms with Gasteiger partial charge in [-0.25, -0.2) is 0 Å². The maximum absolute atomic E-state index is 4.27. The molecule has 0 radical (unpaired) electrons. The monoisotopic (exact) mass is 273 g/mol. The van der Waals surface area contributed by atoms with Crippen LogP contribution in [0.25, 0.3) is 0 Å². The van der Waals surface area contributed by atoms with E-state index in [4.69, 9.17) is 0 Å². The van der Waals surface area contributed by atoms with Gasteiger partial charge in [-0.3, -0.25) is 0 Å². The Morgan fingerprint density at radius 1 is 1.11 bits per heavy atom. The zero-order chi connectivity index (χ0) is 13.5. The summed E-state index contributed by atoms with van der Waals surface area (Å²) in [6.45, 7) is 1.06. The smallest absolute Gasteiger partial charge is 0.0805 e. The molecule has 1 unspecified atom stereocenters. The lowest BCUT2D eigenvalue weighted by atomic mass is 10.1. The van der Waals surface area contributed by atoms with Crippen LogP contribution in [0.5, 0.6) is 0 Å². The van der Waals surface area contributed by atoms with Crippen molar-refractivity contribution in [2.75, 3.05) is 26.4 Å². The van der Waals surface area contributed by atoms with E-state index in [1.807, 2.05) is 30.0 Å². The molecule has 0 amide bonds. The van der Waals surface area contributed by atoms with E-state index >= 15 is 0 Å². The van der Waals surface area contributed by atoms with Crippen molar-refractivity contribution in [3.05, 3.63) is 59.9 Å². The fourth-order valence-electron chi connectivity index (χ4n) is 1.79. The summed E-state index contributed by atoms with van der Waals surface area (Å²) in [5.74, 6) is 1.07. The van der Waals surface area contributed by atoms with Crippen LogP contribution in [-0.4, -0.2) is 41.5 Å². The summed E-state index contributed by atoms with van der Waals surface area (Å²) in [4.78, 5) is 2.20. The SMILES string of the molecule is CN(C)CCSC(c1ccccc1)c1cccnn1. The Labute approximate surface area is 119 Å². The van der Waals surface area contributed by atoms with Gasteiger partial charge < -0.3 is 4.90 Å². The molecule has 100 valence electrons. The highest BCUT2D eigenvalue weighted by Crippen LogP contribution is 2.33. The topological polar surface area (TPSA) is 29.0 Å². The summed E-state index contributed by atoms with van der Waals surface area (Å²) in [6, 6.07) is 14.5. The second-order valence-electron chi connectivity index (χ2n) is 4.61. The summed E-state index contributed by atoms with van der Waals surface area (Å²) in [5.41, 5.74) is 2.31. The first-order valence-corrected chi connectivity index (χ1v) is 7.41. The molecule has 19 heavy (non-hydrogen) atoms. The maximum atomic E-state index is 4.27. The zero-order valence-electron chi connectivity index (χ0n) is 11.4. The Kier molecular flexibility index (Phi) is 5.36. The van der Waals surface area contributed by atoms with Gasteiger partial charge in [-0.15, -0.1) is 11.8 Å². The Morgan fingerprint density at radius 3 is 2.53 bits per heavy atom. The highest BCUT2D eigenvalue weighted by atomic mass is 32.2. The van der Waals surface area contributed by atoms with Crippen LogP contribution in [0.3, 0.4) is 0 Å². The van der Waals surface area contributed by atoms with E-state index in [1.54, 1.807) is 6.20 Å². The van der Waals surface area contributed by atoms with Crippen LogP contribution in [0.2, 0.25) is 0 Å². The minimum Gasteiger partial charge on any atom is -0.309 e. The summed E-state index contributed by atoms with van der Waals surface area (Å²) >= 11 is 1.91. The summed E-state index contributed by atoms with van der Waals surface area (Å²) in [7, 11) is 4.20. The summed E-state index contributed by atoms with van der Waals surface area (Å²) in [6.07, 6.45) is 1.72. The third kappa shape index (κ3) is 4.33. The molecule has 4 heteroatoms. The van der Waals surface area contributed by atoms with Crippen LogP contribution in [-0.2, 0) is 0 Å². The van der Waals surface area contributed by atoms with Crippen molar-refractivity contribution in [2.45, 2.75) is 5.25 Å². The van der Waals surface area contributed by atoms with E-state index in [0.29, 0.717) is 0 Å². The van der Waals surface area contributed by atoms with Crippen molar-refractivity contribution >= 4 is 11.8 Å². The minimum absolute atomic E-state index is 0.259. The Bertz CT molecular complexity index is 434. The molecule has 1 heterocycles. The van der Waals surface area contributed by atoms with Gasteiger partial charge >= 0.3 is 0 Å². The average Bonchev–Trinajstić information content (AvgIpc) is 2.45. The number of rotatable bonds is 6. The van der Waals surface area contributed by atoms with E-state index < -0.39 is 0 Å². The number of hydrogen-bond acceptors (Lipinski definition) is 4. The Morgan fingerprint density at radius 2 is 1.89 bits per heavy atom. The number of thioether (sulfide) groups is 1. The van der Waals surface area contributed by atoms with Crippen molar-refractivity contribution in [3.8, 4) is 0 Å². The first-order valence-electron chi connectivity index (χ1n) is 6.36. The van der Waals surface area contributed by atoms with Gasteiger partial charge in [-0.2, -0.15) is 10.2 Å². The van der Waals surface area contributed by atoms with E-state index in [0.717, 1.165) is 18.0 Å². The van der Waals surface area contributed by atoms with Crippen molar-refractivity contribution in [1.29, 1.82) is 0 Å². The molecular formula is C15H19N3S. The third-order valence-electron chi connectivity index (χ3n) is 2.79. The number of nitrogens with zero attached hydrogens (tertiary/aromatic N) is 3. The molecule has 3 nitrogen and oxygen atoms in total. The van der Waals surface area contributed by atoms with Gasteiger partial charge in [-0.1, -0.05) is 30.3 Å². The van der Waals surface area contributed by atoms with Gasteiger partial charge in [0.25, 0.3) is 0 Å². The minimum atomic E-state index is 0.259. The lowest BCUT2D eigenvalue weighted by Gasteiger charge is -2.17. The second-order valence-corrected chi connectivity index (χ2v) is 5.83. The van der Waals surface area contributed by atoms with E-state index in [9.17, 15) is 0 Å². The predicted octanol–water partition coefficient (Wildman–Crippen LogP) is 2.86. The zero-order valence-corrected chi connectivity index (χ0v) is 12.2. The molecular weight excluding hydrogens is 254 g/mol. The first-order chi connectivity index (χ1) is 9.27. The molecule has 2 rings (SSSR count). The lowest BCUT2D eigenvalue weighted by molar-refractivity contribution is 0.437. The summed E-state index contributed by atoms with van der Waals surface area (Å²) in [5, 5.41) is 8.53. The first kappa shape index (κ1) is 14.0. The highest BCUT2D eigenvalue weighted by Gasteiger charge is 2.15. The van der Waals surface area contributed by atoms with Crippen LogP contribution in [0.1, 0.15) is 16.5 Å². The second kappa shape index (κ2) is 7.26. The molecule has 0 fully saturated rings. The van der Waals surface area contributed by atoms with Crippen molar-refractivity contribution in [2.24, 2.45) is 0 Å². The Balaban J connectivity index is 2.14. The quantitative estimate of drug-likeness (QED) is 0.809. The molecule has 0 N–H and O–H groups in total. The van der Waals surface area contributed by atoms with Crippen molar-refractivity contribution < 1.29 is 0 Å². The van der Waals surface area contributed by atoms with Crippen LogP contribution >= 0.6 is 11.8 Å². The molecule has 0 bridgehead atoms. The fraction of sp³-hybridized carbons (Fsp3) is 0.333. The number of aromatic nitrogens is 2. The molecule has 0 aliphatic heterocycles. The number of benzene rings is 1. The largest absolute Gasteiger partial charge is 0.309 e. The average molecular weight is 273 g/mol. The maximum Gasteiger partial charge on any atom is 0.0805 e. The predicted molar refractivity (Wildman–Crippen MR) is 81.3 cm³/mol. The van der Waals surface area contributed by atoms with E-state index in [2.05, 4.69) is 53.5 Å². The molecule has 0 spiro atoms. The van der Waals surface area contributed by atoms with Gasteiger partial charge in [0.2, 0.25) is 0 Å². The van der Waals surface area contributed by atoms with Gasteiger partial charge in [0, 0.05) is 18.5 Å². The molecule has 0 aliphatic carbocycles. The van der Waals surface area contributed by atoms with Crippen molar-refractivity contribution in [3.63, 3.8) is 0 Å². The molecule has 0 aliphatic rings.